The fourth-order valence-corrected chi connectivity index (χ4v) is 3.30. The molecule has 0 radical (unpaired) electrons. The van der Waals surface area contributed by atoms with E-state index in [1.807, 2.05) is 30.3 Å². The van der Waals surface area contributed by atoms with Crippen LogP contribution in [0, 0.1) is 0 Å². The van der Waals surface area contributed by atoms with E-state index in [1.165, 1.54) is 19.3 Å². The van der Waals surface area contributed by atoms with Gasteiger partial charge >= 0.3 is 5.97 Å². The molecule has 0 heterocycles. The highest BCUT2D eigenvalue weighted by molar-refractivity contribution is 6.41. The van der Waals surface area contributed by atoms with Crippen molar-refractivity contribution >= 4 is 29.7 Å². The molecule has 0 bridgehead atoms. The van der Waals surface area contributed by atoms with Crippen molar-refractivity contribution in [2.24, 2.45) is 0 Å². The van der Waals surface area contributed by atoms with Gasteiger partial charge in [0.05, 0.1) is 12.7 Å². The number of hydrogen-bond acceptors (Lipinski definition) is 5. The summed E-state index contributed by atoms with van der Waals surface area (Å²) in [4.78, 5) is 37.3. The Morgan fingerprint density at radius 2 is 1.42 bits per heavy atom. The van der Waals surface area contributed by atoms with Gasteiger partial charge in [0.25, 0.3) is 0 Å². The number of Topliss-reactive ketones (excluding diaryl/α,β-unsaturated/α-hetero) is 2. The van der Waals surface area contributed by atoms with Crippen LogP contribution in [0.4, 0.5) is 0 Å². The van der Waals surface area contributed by atoms with Crippen molar-refractivity contribution in [2.45, 2.75) is 0 Å². The van der Waals surface area contributed by atoms with Crippen molar-refractivity contribution in [1.29, 1.82) is 0 Å². The quantitative estimate of drug-likeness (QED) is 0.262. The van der Waals surface area contributed by atoms with E-state index in [-0.39, 0.29) is 22.9 Å². The van der Waals surface area contributed by atoms with Gasteiger partial charge in [0.15, 0.2) is 23.1 Å². The first-order chi connectivity index (χ1) is 15.1. The van der Waals surface area contributed by atoms with E-state index < -0.39 is 5.97 Å². The van der Waals surface area contributed by atoms with Gasteiger partial charge in [-0.2, -0.15) is 0 Å². The van der Waals surface area contributed by atoms with Gasteiger partial charge < -0.3 is 9.47 Å². The molecule has 0 saturated carbocycles. The molecule has 5 heteroatoms. The number of allylic oxidation sites excluding steroid dienone is 1. The van der Waals surface area contributed by atoms with Crippen LogP contribution in [0.2, 0.25) is 0 Å². The van der Waals surface area contributed by atoms with Crippen molar-refractivity contribution in [3.05, 3.63) is 107 Å². The second kappa shape index (κ2) is 8.63. The van der Waals surface area contributed by atoms with Crippen LogP contribution in [-0.4, -0.2) is 24.6 Å². The highest BCUT2D eigenvalue weighted by Gasteiger charge is 2.32. The molecule has 0 spiro atoms. The third-order valence-corrected chi connectivity index (χ3v) is 4.83. The van der Waals surface area contributed by atoms with E-state index in [0.717, 1.165) is 5.56 Å². The molecular formula is C26H18O5. The third-order valence-electron chi connectivity index (χ3n) is 4.83. The fourth-order valence-electron chi connectivity index (χ4n) is 3.30. The third kappa shape index (κ3) is 4.21. The Morgan fingerprint density at radius 1 is 0.774 bits per heavy atom. The summed E-state index contributed by atoms with van der Waals surface area (Å²) in [6.07, 6.45) is 4.51. The lowest BCUT2D eigenvalue weighted by atomic mass is 10.1. The zero-order chi connectivity index (χ0) is 21.8. The van der Waals surface area contributed by atoms with E-state index in [4.69, 9.17) is 9.47 Å². The number of rotatable bonds is 5. The molecule has 3 aromatic rings. The monoisotopic (exact) mass is 410 g/mol. The molecule has 4 rings (SSSR count). The largest absolute Gasteiger partial charge is 0.493 e. The SMILES string of the molecule is COc1cc(C=C2C(=O)c3ccccc3C2=O)ccc1OC(=O)/C=C/c1ccccc1. The molecule has 0 amide bonds. The first-order valence-electron chi connectivity index (χ1n) is 9.60. The molecule has 1 aliphatic carbocycles. The van der Waals surface area contributed by atoms with Crippen LogP contribution in [-0.2, 0) is 4.79 Å². The topological polar surface area (TPSA) is 69.7 Å². The summed E-state index contributed by atoms with van der Waals surface area (Å²) in [5, 5.41) is 0. The summed E-state index contributed by atoms with van der Waals surface area (Å²) in [6, 6.07) is 21.0. The van der Waals surface area contributed by atoms with Gasteiger partial charge in [-0.05, 0) is 35.4 Å². The number of esters is 1. The maximum absolute atomic E-state index is 12.6. The highest BCUT2D eigenvalue weighted by atomic mass is 16.6. The molecule has 0 fully saturated rings. The predicted octanol–water partition coefficient (Wildman–Crippen LogP) is 4.78. The number of ketones is 2. The molecule has 0 unspecified atom stereocenters. The van der Waals surface area contributed by atoms with Crippen LogP contribution in [0.3, 0.4) is 0 Å². The summed E-state index contributed by atoms with van der Waals surface area (Å²) < 4.78 is 10.7. The maximum atomic E-state index is 12.6. The summed E-state index contributed by atoms with van der Waals surface area (Å²) in [7, 11) is 1.45. The first kappa shape index (κ1) is 20.0. The Labute approximate surface area is 179 Å². The lowest BCUT2D eigenvalue weighted by molar-refractivity contribution is -0.129. The number of fused-ring (bicyclic) bond motifs is 1. The number of ether oxygens (including phenoxy) is 2. The number of hydrogen-bond donors (Lipinski definition) is 0. The maximum Gasteiger partial charge on any atom is 0.336 e. The Bertz CT molecular complexity index is 1200. The molecule has 0 N–H and O–H groups in total. The minimum Gasteiger partial charge on any atom is -0.493 e. The molecule has 0 saturated heterocycles. The Balaban J connectivity index is 1.54. The van der Waals surface area contributed by atoms with Crippen LogP contribution < -0.4 is 9.47 Å². The highest BCUT2D eigenvalue weighted by Crippen LogP contribution is 2.32. The van der Waals surface area contributed by atoms with Crippen LogP contribution in [0.25, 0.3) is 12.2 Å². The van der Waals surface area contributed by atoms with E-state index in [2.05, 4.69) is 0 Å². The molecule has 0 aliphatic heterocycles. The van der Waals surface area contributed by atoms with Gasteiger partial charge in [0.1, 0.15) is 0 Å². The van der Waals surface area contributed by atoms with Crippen LogP contribution in [0.5, 0.6) is 11.5 Å². The minimum absolute atomic E-state index is 0.0961. The van der Waals surface area contributed by atoms with E-state index in [9.17, 15) is 14.4 Å². The van der Waals surface area contributed by atoms with Gasteiger partial charge in [-0.3, -0.25) is 9.59 Å². The standard InChI is InChI=1S/C26H18O5/c1-30-23-16-18(15-21-25(28)19-9-5-6-10-20(19)26(21)29)11-13-22(23)31-24(27)14-12-17-7-3-2-4-8-17/h2-16H,1H3/b14-12+. The number of methoxy groups -OCH3 is 1. The molecule has 1 aliphatic rings. The summed E-state index contributed by atoms with van der Waals surface area (Å²) in [6.45, 7) is 0. The van der Waals surface area contributed by atoms with Crippen molar-refractivity contribution in [2.75, 3.05) is 7.11 Å². The number of benzene rings is 3. The van der Waals surface area contributed by atoms with Crippen LogP contribution in [0.1, 0.15) is 31.8 Å². The average molecular weight is 410 g/mol. The van der Waals surface area contributed by atoms with E-state index in [1.54, 1.807) is 48.5 Å². The van der Waals surface area contributed by atoms with Crippen molar-refractivity contribution in [1.82, 2.24) is 0 Å². The Hall–Kier alpha value is -4.25. The van der Waals surface area contributed by atoms with Gasteiger partial charge in [-0.1, -0.05) is 60.7 Å². The molecule has 0 aromatic heterocycles. The lowest BCUT2D eigenvalue weighted by Gasteiger charge is -2.09. The number of carbonyl (C=O) groups is 3. The number of carbonyl (C=O) groups excluding carboxylic acids is 3. The molecule has 3 aromatic carbocycles. The summed E-state index contributed by atoms with van der Waals surface area (Å²) in [5.74, 6) is -0.613. The van der Waals surface area contributed by atoms with E-state index >= 15 is 0 Å². The fraction of sp³-hybridized carbons (Fsp3) is 0.0385. The van der Waals surface area contributed by atoms with Crippen molar-refractivity contribution < 1.29 is 23.9 Å². The second-order valence-electron chi connectivity index (χ2n) is 6.84. The summed E-state index contributed by atoms with van der Waals surface area (Å²) >= 11 is 0. The van der Waals surface area contributed by atoms with Crippen LogP contribution in [0.15, 0.2) is 84.4 Å². The summed E-state index contributed by atoms with van der Waals surface area (Å²) in [5.41, 5.74) is 2.36. The normalized spacial score (nSPS) is 12.7. The van der Waals surface area contributed by atoms with Gasteiger partial charge in [-0.25, -0.2) is 4.79 Å². The molecule has 0 atom stereocenters. The zero-order valence-corrected chi connectivity index (χ0v) is 16.7. The molecular weight excluding hydrogens is 392 g/mol. The Kier molecular flexibility index (Phi) is 5.58. The first-order valence-corrected chi connectivity index (χ1v) is 9.60. The smallest absolute Gasteiger partial charge is 0.336 e. The van der Waals surface area contributed by atoms with Gasteiger partial charge in [0.2, 0.25) is 0 Å². The average Bonchev–Trinajstić information content (AvgIpc) is 3.04. The lowest BCUT2D eigenvalue weighted by Crippen LogP contribution is -2.05. The van der Waals surface area contributed by atoms with E-state index in [0.29, 0.717) is 22.4 Å². The Morgan fingerprint density at radius 3 is 2.06 bits per heavy atom. The molecule has 31 heavy (non-hydrogen) atoms. The minimum atomic E-state index is -0.551. The predicted molar refractivity (Wildman–Crippen MR) is 117 cm³/mol. The second-order valence-corrected chi connectivity index (χ2v) is 6.84. The van der Waals surface area contributed by atoms with Gasteiger partial charge in [-0.15, -0.1) is 0 Å². The molecule has 5 nitrogen and oxygen atoms in total. The van der Waals surface area contributed by atoms with Gasteiger partial charge in [0, 0.05) is 17.2 Å². The zero-order valence-electron chi connectivity index (χ0n) is 16.7. The van der Waals surface area contributed by atoms with Crippen LogP contribution >= 0.6 is 0 Å². The van der Waals surface area contributed by atoms with Crippen molar-refractivity contribution in [3.8, 4) is 11.5 Å². The molecule has 152 valence electrons. The van der Waals surface area contributed by atoms with Crippen molar-refractivity contribution in [3.63, 3.8) is 0 Å².